The highest BCUT2D eigenvalue weighted by atomic mass is 16.4. The van der Waals surface area contributed by atoms with Gasteiger partial charge in [0.15, 0.2) is 0 Å². The molecule has 0 amide bonds. The first-order valence-electron chi connectivity index (χ1n) is 6.37. The topological polar surface area (TPSA) is 44.6 Å². The fourth-order valence-corrected chi connectivity index (χ4v) is 2.85. The van der Waals surface area contributed by atoms with E-state index in [1.165, 1.54) is 44.9 Å². The van der Waals surface area contributed by atoms with Crippen LogP contribution >= 0.6 is 0 Å². The Balaban J connectivity index is 1.85. The number of nitrogens with one attached hydrogen (secondary N) is 1. The minimum atomic E-state index is 0.354. The molecule has 0 heterocycles. The van der Waals surface area contributed by atoms with Crippen molar-refractivity contribution in [3.05, 3.63) is 0 Å². The smallest absolute Gasteiger partial charge is 0.0739 e. The van der Waals surface area contributed by atoms with Gasteiger partial charge in [0.25, 0.3) is 0 Å². The van der Waals surface area contributed by atoms with Crippen LogP contribution < -0.4 is 5.32 Å². The molecule has 3 nitrogen and oxygen atoms in total. The fourth-order valence-electron chi connectivity index (χ4n) is 2.85. The third-order valence-corrected chi connectivity index (χ3v) is 3.75. The summed E-state index contributed by atoms with van der Waals surface area (Å²) in [6, 6.07) is 1.02. The lowest BCUT2D eigenvalue weighted by Crippen LogP contribution is -2.45. The van der Waals surface area contributed by atoms with Crippen LogP contribution in [-0.2, 0) is 0 Å². The number of rotatable bonds is 2. The molecule has 2 aliphatic rings. The molecule has 0 saturated heterocycles. The van der Waals surface area contributed by atoms with Crippen molar-refractivity contribution >= 4 is 5.71 Å². The van der Waals surface area contributed by atoms with Crippen LogP contribution in [-0.4, -0.2) is 23.0 Å². The number of hydrogen-bond acceptors (Lipinski definition) is 3. The molecule has 2 fully saturated rings. The van der Waals surface area contributed by atoms with Gasteiger partial charge in [-0.05, 0) is 32.1 Å². The molecular formula is C12H22N2O. The normalized spacial score (nSPS) is 32.0. The van der Waals surface area contributed by atoms with E-state index in [1.54, 1.807) is 0 Å². The van der Waals surface area contributed by atoms with Crippen molar-refractivity contribution in [1.82, 2.24) is 5.32 Å². The van der Waals surface area contributed by atoms with E-state index in [1.807, 2.05) is 0 Å². The van der Waals surface area contributed by atoms with Gasteiger partial charge in [0, 0.05) is 12.1 Å². The minimum Gasteiger partial charge on any atom is -0.411 e. The Kier molecular flexibility index (Phi) is 4.01. The molecule has 2 rings (SSSR count). The SMILES string of the molecule is ON=C1CCCCC1NC1CCCCC1. The molecule has 0 bridgehead atoms. The Morgan fingerprint density at radius 3 is 2.47 bits per heavy atom. The summed E-state index contributed by atoms with van der Waals surface area (Å²) < 4.78 is 0. The molecule has 0 spiro atoms. The Morgan fingerprint density at radius 1 is 1.00 bits per heavy atom. The lowest BCUT2D eigenvalue weighted by Gasteiger charge is -2.31. The van der Waals surface area contributed by atoms with Gasteiger partial charge in [0.2, 0.25) is 0 Å². The lowest BCUT2D eigenvalue weighted by molar-refractivity contribution is 0.301. The predicted octanol–water partition coefficient (Wildman–Crippen LogP) is 2.68. The average Bonchev–Trinajstić information content (AvgIpc) is 2.31. The molecular weight excluding hydrogens is 188 g/mol. The van der Waals surface area contributed by atoms with E-state index in [0.717, 1.165) is 18.6 Å². The Morgan fingerprint density at radius 2 is 1.73 bits per heavy atom. The van der Waals surface area contributed by atoms with Gasteiger partial charge in [-0.1, -0.05) is 30.8 Å². The second kappa shape index (κ2) is 5.50. The lowest BCUT2D eigenvalue weighted by atomic mass is 9.90. The van der Waals surface area contributed by atoms with Crippen LogP contribution in [0.3, 0.4) is 0 Å². The van der Waals surface area contributed by atoms with Gasteiger partial charge < -0.3 is 10.5 Å². The third-order valence-electron chi connectivity index (χ3n) is 3.75. The minimum absolute atomic E-state index is 0.354. The second-order valence-electron chi connectivity index (χ2n) is 4.89. The van der Waals surface area contributed by atoms with Gasteiger partial charge in [0.05, 0.1) is 5.71 Å². The van der Waals surface area contributed by atoms with Gasteiger partial charge in [-0.3, -0.25) is 0 Å². The summed E-state index contributed by atoms with van der Waals surface area (Å²) in [6.07, 6.45) is 11.3. The first-order chi connectivity index (χ1) is 7.40. The molecule has 0 radical (unpaired) electrons. The largest absolute Gasteiger partial charge is 0.411 e. The highest BCUT2D eigenvalue weighted by Crippen LogP contribution is 2.21. The van der Waals surface area contributed by atoms with Crippen molar-refractivity contribution < 1.29 is 5.21 Å². The van der Waals surface area contributed by atoms with Gasteiger partial charge in [-0.15, -0.1) is 0 Å². The Bertz CT molecular complexity index is 222. The van der Waals surface area contributed by atoms with Crippen molar-refractivity contribution in [2.75, 3.05) is 0 Å². The van der Waals surface area contributed by atoms with Crippen molar-refractivity contribution in [1.29, 1.82) is 0 Å². The molecule has 1 atom stereocenters. The number of oxime groups is 1. The molecule has 2 saturated carbocycles. The van der Waals surface area contributed by atoms with Crippen molar-refractivity contribution in [3.63, 3.8) is 0 Å². The number of nitrogens with zero attached hydrogens (tertiary/aromatic N) is 1. The van der Waals surface area contributed by atoms with E-state index >= 15 is 0 Å². The molecule has 0 aromatic carbocycles. The van der Waals surface area contributed by atoms with E-state index in [2.05, 4.69) is 10.5 Å². The monoisotopic (exact) mass is 210 g/mol. The molecule has 2 aliphatic carbocycles. The molecule has 0 aromatic rings. The van der Waals surface area contributed by atoms with Crippen LogP contribution in [0.4, 0.5) is 0 Å². The first kappa shape index (κ1) is 10.9. The molecule has 0 aliphatic heterocycles. The summed E-state index contributed by atoms with van der Waals surface area (Å²) in [4.78, 5) is 0. The average molecular weight is 210 g/mol. The van der Waals surface area contributed by atoms with E-state index in [9.17, 15) is 0 Å². The fraction of sp³-hybridized carbons (Fsp3) is 0.917. The quantitative estimate of drug-likeness (QED) is 0.543. The van der Waals surface area contributed by atoms with Gasteiger partial charge in [0.1, 0.15) is 0 Å². The zero-order valence-electron chi connectivity index (χ0n) is 9.41. The molecule has 15 heavy (non-hydrogen) atoms. The highest BCUT2D eigenvalue weighted by molar-refractivity contribution is 5.89. The zero-order chi connectivity index (χ0) is 10.5. The first-order valence-corrected chi connectivity index (χ1v) is 6.37. The van der Waals surface area contributed by atoms with Gasteiger partial charge in [-0.25, -0.2) is 0 Å². The standard InChI is InChI=1S/C12H22N2O/c15-14-12-9-5-4-8-11(12)13-10-6-2-1-3-7-10/h10-11,13,15H,1-9H2. The van der Waals surface area contributed by atoms with Gasteiger partial charge in [-0.2, -0.15) is 0 Å². The van der Waals surface area contributed by atoms with E-state index in [4.69, 9.17) is 5.21 Å². The molecule has 1 unspecified atom stereocenters. The zero-order valence-corrected chi connectivity index (χ0v) is 9.41. The van der Waals surface area contributed by atoms with Crippen molar-refractivity contribution in [2.45, 2.75) is 69.9 Å². The molecule has 86 valence electrons. The molecule has 2 N–H and O–H groups in total. The third kappa shape index (κ3) is 2.94. The van der Waals surface area contributed by atoms with E-state index in [0.29, 0.717) is 12.1 Å². The summed E-state index contributed by atoms with van der Waals surface area (Å²) in [6.45, 7) is 0. The summed E-state index contributed by atoms with van der Waals surface area (Å²) in [5.74, 6) is 0. The second-order valence-corrected chi connectivity index (χ2v) is 4.89. The maximum atomic E-state index is 8.94. The highest BCUT2D eigenvalue weighted by Gasteiger charge is 2.24. The Hall–Kier alpha value is -0.570. The molecule has 0 aromatic heterocycles. The summed E-state index contributed by atoms with van der Waals surface area (Å²) in [7, 11) is 0. The predicted molar refractivity (Wildman–Crippen MR) is 61.5 cm³/mol. The van der Waals surface area contributed by atoms with Crippen molar-refractivity contribution in [2.24, 2.45) is 5.16 Å². The van der Waals surface area contributed by atoms with Crippen LogP contribution in [0.25, 0.3) is 0 Å². The Labute approximate surface area is 91.9 Å². The van der Waals surface area contributed by atoms with Crippen LogP contribution in [0.15, 0.2) is 5.16 Å². The van der Waals surface area contributed by atoms with Crippen LogP contribution in [0, 0.1) is 0 Å². The summed E-state index contributed by atoms with van der Waals surface area (Å²) in [5, 5.41) is 16.1. The molecule has 3 heteroatoms. The summed E-state index contributed by atoms with van der Waals surface area (Å²) >= 11 is 0. The maximum Gasteiger partial charge on any atom is 0.0739 e. The van der Waals surface area contributed by atoms with E-state index < -0.39 is 0 Å². The van der Waals surface area contributed by atoms with E-state index in [-0.39, 0.29) is 0 Å². The number of hydrogen-bond donors (Lipinski definition) is 2. The van der Waals surface area contributed by atoms with Gasteiger partial charge >= 0.3 is 0 Å². The van der Waals surface area contributed by atoms with Crippen molar-refractivity contribution in [3.8, 4) is 0 Å². The van der Waals surface area contributed by atoms with Crippen LogP contribution in [0.5, 0.6) is 0 Å². The summed E-state index contributed by atoms with van der Waals surface area (Å²) in [5.41, 5.74) is 0.979. The van der Waals surface area contributed by atoms with Crippen LogP contribution in [0.1, 0.15) is 57.8 Å². The van der Waals surface area contributed by atoms with Crippen LogP contribution in [0.2, 0.25) is 0 Å². The maximum absolute atomic E-state index is 8.94.